The van der Waals surface area contributed by atoms with Gasteiger partial charge in [0.25, 0.3) is 0 Å². The summed E-state index contributed by atoms with van der Waals surface area (Å²) < 4.78 is 28.6. The van der Waals surface area contributed by atoms with Crippen LogP contribution in [0.1, 0.15) is 40.0 Å². The Hall–Kier alpha value is -0.820. The highest BCUT2D eigenvalue weighted by molar-refractivity contribution is 7.91. The van der Waals surface area contributed by atoms with Crippen molar-refractivity contribution in [3.8, 4) is 0 Å². The van der Waals surface area contributed by atoms with Gasteiger partial charge in [-0.3, -0.25) is 0 Å². The summed E-state index contributed by atoms with van der Waals surface area (Å²) in [4.78, 5) is 0.205. The molecule has 0 spiro atoms. The van der Waals surface area contributed by atoms with E-state index in [9.17, 15) is 8.42 Å². The Balaban J connectivity index is 2.26. The van der Waals surface area contributed by atoms with Crippen molar-refractivity contribution in [1.29, 1.82) is 0 Å². The molecule has 0 aromatic carbocycles. The molecule has 3 unspecified atom stereocenters. The molecule has 1 heterocycles. The lowest BCUT2D eigenvalue weighted by atomic mass is 9.98. The first-order chi connectivity index (χ1) is 9.36. The molecule has 0 saturated heterocycles. The monoisotopic (exact) mass is 317 g/mol. The summed E-state index contributed by atoms with van der Waals surface area (Å²) >= 11 is 1.15. The van der Waals surface area contributed by atoms with Crippen molar-refractivity contribution >= 4 is 32.2 Å². The van der Waals surface area contributed by atoms with Crippen LogP contribution in [0.5, 0.6) is 0 Å². The minimum Gasteiger partial charge on any atom is -0.382 e. The first-order valence-corrected chi connectivity index (χ1v) is 9.53. The van der Waals surface area contributed by atoms with Crippen LogP contribution in [0.4, 0.5) is 10.8 Å². The zero-order valence-corrected chi connectivity index (χ0v) is 13.9. The van der Waals surface area contributed by atoms with Gasteiger partial charge in [0, 0.05) is 6.04 Å². The molecule has 20 heavy (non-hydrogen) atoms. The summed E-state index contributed by atoms with van der Waals surface area (Å²) in [5.41, 5.74) is 5.77. The van der Waals surface area contributed by atoms with Crippen molar-refractivity contribution < 1.29 is 8.42 Å². The molecule has 1 aliphatic rings. The quantitative estimate of drug-likeness (QED) is 0.872. The van der Waals surface area contributed by atoms with Crippen molar-refractivity contribution in [1.82, 2.24) is 4.37 Å². The summed E-state index contributed by atoms with van der Waals surface area (Å²) in [5.74, 6) is 1.43. The topological polar surface area (TPSA) is 85.1 Å². The summed E-state index contributed by atoms with van der Waals surface area (Å²) in [6.45, 7) is 6.30. The van der Waals surface area contributed by atoms with Crippen LogP contribution in [0.3, 0.4) is 0 Å². The summed E-state index contributed by atoms with van der Waals surface area (Å²) in [5, 5.41) is 3.98. The lowest BCUT2D eigenvalue weighted by Gasteiger charge is -2.20. The molecule has 5 nitrogen and oxygen atoms in total. The van der Waals surface area contributed by atoms with E-state index in [2.05, 4.69) is 23.5 Å². The minimum absolute atomic E-state index is 0.112. The fourth-order valence-corrected chi connectivity index (χ4v) is 5.46. The Morgan fingerprint density at radius 1 is 1.40 bits per heavy atom. The zero-order valence-electron chi connectivity index (χ0n) is 12.2. The molecule has 1 fully saturated rings. The lowest BCUT2D eigenvalue weighted by Crippen LogP contribution is -2.24. The highest BCUT2D eigenvalue weighted by atomic mass is 32.2. The maximum Gasteiger partial charge on any atom is 0.185 e. The van der Waals surface area contributed by atoms with Gasteiger partial charge in [-0.2, -0.15) is 4.37 Å². The van der Waals surface area contributed by atoms with Gasteiger partial charge < -0.3 is 11.1 Å². The third-order valence-electron chi connectivity index (χ3n) is 4.24. The highest BCUT2D eigenvalue weighted by Gasteiger charge is 2.32. The molecule has 0 aliphatic heterocycles. The van der Waals surface area contributed by atoms with E-state index in [1.54, 1.807) is 0 Å². The average molecular weight is 317 g/mol. The van der Waals surface area contributed by atoms with Gasteiger partial charge in [0.2, 0.25) is 0 Å². The van der Waals surface area contributed by atoms with Crippen LogP contribution in [-0.2, 0) is 9.84 Å². The second-order valence-electron chi connectivity index (χ2n) is 5.71. The lowest BCUT2D eigenvalue weighted by molar-refractivity contribution is 0.435. The number of nitrogens with one attached hydrogen (secondary N) is 1. The van der Waals surface area contributed by atoms with Gasteiger partial charge in [-0.05, 0) is 42.6 Å². The van der Waals surface area contributed by atoms with Gasteiger partial charge in [-0.25, -0.2) is 8.42 Å². The predicted octanol–water partition coefficient (Wildman–Crippen LogP) is 2.76. The fourth-order valence-electron chi connectivity index (χ4n) is 2.79. The minimum atomic E-state index is -3.34. The average Bonchev–Trinajstić information content (AvgIpc) is 2.88. The number of hydrogen-bond donors (Lipinski definition) is 2. The van der Waals surface area contributed by atoms with E-state index in [0.717, 1.165) is 18.0 Å². The van der Waals surface area contributed by atoms with Crippen LogP contribution in [0.25, 0.3) is 0 Å². The van der Waals surface area contributed by atoms with Crippen molar-refractivity contribution in [3.63, 3.8) is 0 Å². The Morgan fingerprint density at radius 2 is 2.10 bits per heavy atom. The zero-order chi connectivity index (χ0) is 14.9. The normalized spacial score (nSPS) is 26.9. The van der Waals surface area contributed by atoms with Gasteiger partial charge in [-0.1, -0.05) is 20.8 Å². The smallest absolute Gasteiger partial charge is 0.185 e. The maximum atomic E-state index is 12.3. The highest BCUT2D eigenvalue weighted by Crippen LogP contribution is 2.38. The Bertz CT molecular complexity index is 568. The molecule has 0 bridgehead atoms. The van der Waals surface area contributed by atoms with E-state index in [-0.39, 0.29) is 16.5 Å². The van der Waals surface area contributed by atoms with Gasteiger partial charge in [0.1, 0.15) is 9.90 Å². The van der Waals surface area contributed by atoms with E-state index < -0.39 is 9.84 Å². The molecule has 1 aromatic rings. The first-order valence-electron chi connectivity index (χ1n) is 7.11. The van der Waals surface area contributed by atoms with E-state index in [1.807, 2.05) is 6.92 Å². The number of aromatic nitrogens is 1. The number of anilines is 2. The Kier molecular flexibility index (Phi) is 4.59. The summed E-state index contributed by atoms with van der Waals surface area (Å²) in [6.07, 6.45) is 2.81. The molecule has 0 amide bonds. The molecule has 2 rings (SSSR count). The van der Waals surface area contributed by atoms with Gasteiger partial charge in [0.15, 0.2) is 15.7 Å². The number of nitrogens with two attached hydrogens (primary N) is 1. The second kappa shape index (κ2) is 5.89. The molecule has 7 heteroatoms. The standard InChI is InChI=1S/C13H23N3O2S2/c1-4-7-20(17,18)11-12(14)16-19-13(11)15-10-6-5-8(2)9(10)3/h8-10,15H,4-7H2,1-3H3,(H2,14,16). The van der Waals surface area contributed by atoms with E-state index in [1.165, 1.54) is 6.42 Å². The third-order valence-corrected chi connectivity index (χ3v) is 7.14. The number of sulfone groups is 1. The van der Waals surface area contributed by atoms with E-state index >= 15 is 0 Å². The molecule has 3 atom stereocenters. The molecular weight excluding hydrogens is 294 g/mol. The van der Waals surface area contributed by atoms with Crippen LogP contribution in [0.2, 0.25) is 0 Å². The van der Waals surface area contributed by atoms with Gasteiger partial charge in [-0.15, -0.1) is 0 Å². The number of hydrogen-bond acceptors (Lipinski definition) is 6. The molecule has 1 aromatic heterocycles. The van der Waals surface area contributed by atoms with Crippen LogP contribution in [-0.4, -0.2) is 24.6 Å². The maximum absolute atomic E-state index is 12.3. The molecule has 1 saturated carbocycles. The SMILES string of the molecule is CCCS(=O)(=O)c1c(N)nsc1NC1CCC(C)C1C. The van der Waals surface area contributed by atoms with Gasteiger partial charge in [0.05, 0.1) is 5.75 Å². The first kappa shape index (κ1) is 15.6. The summed E-state index contributed by atoms with van der Waals surface area (Å²) in [6, 6.07) is 0.306. The predicted molar refractivity (Wildman–Crippen MR) is 83.8 cm³/mol. The number of nitrogen functional groups attached to an aromatic ring is 1. The van der Waals surface area contributed by atoms with E-state index in [4.69, 9.17) is 5.73 Å². The molecular formula is C13H23N3O2S2. The largest absolute Gasteiger partial charge is 0.382 e. The van der Waals surface area contributed by atoms with Crippen LogP contribution >= 0.6 is 11.5 Å². The second-order valence-corrected chi connectivity index (χ2v) is 8.53. The summed E-state index contributed by atoms with van der Waals surface area (Å²) in [7, 11) is -3.34. The molecule has 3 N–H and O–H groups in total. The Morgan fingerprint density at radius 3 is 2.65 bits per heavy atom. The van der Waals surface area contributed by atoms with E-state index in [0.29, 0.717) is 29.3 Å². The van der Waals surface area contributed by atoms with Crippen LogP contribution < -0.4 is 11.1 Å². The Labute approximate surface area is 125 Å². The number of nitrogens with zero attached hydrogens (tertiary/aromatic N) is 1. The van der Waals surface area contributed by atoms with Crippen molar-refractivity contribution in [2.45, 2.75) is 51.0 Å². The molecule has 1 aliphatic carbocycles. The fraction of sp³-hybridized carbons (Fsp3) is 0.769. The van der Waals surface area contributed by atoms with Crippen molar-refractivity contribution in [2.75, 3.05) is 16.8 Å². The molecule has 114 valence electrons. The third kappa shape index (κ3) is 2.93. The van der Waals surface area contributed by atoms with Crippen LogP contribution in [0.15, 0.2) is 4.90 Å². The molecule has 0 radical (unpaired) electrons. The van der Waals surface area contributed by atoms with Crippen molar-refractivity contribution in [3.05, 3.63) is 0 Å². The van der Waals surface area contributed by atoms with Gasteiger partial charge >= 0.3 is 0 Å². The number of rotatable bonds is 5. The van der Waals surface area contributed by atoms with Crippen LogP contribution in [0, 0.1) is 11.8 Å². The van der Waals surface area contributed by atoms with Crippen molar-refractivity contribution in [2.24, 2.45) is 11.8 Å².